The molecule has 0 unspecified atom stereocenters. The van der Waals surface area contributed by atoms with Crippen molar-refractivity contribution in [3.8, 4) is 22.7 Å². The van der Waals surface area contributed by atoms with Crippen molar-refractivity contribution < 1.29 is 8.91 Å². The van der Waals surface area contributed by atoms with Gasteiger partial charge in [0, 0.05) is 17.7 Å². The van der Waals surface area contributed by atoms with Gasteiger partial charge in [-0.3, -0.25) is 0 Å². The van der Waals surface area contributed by atoms with Gasteiger partial charge in [0.2, 0.25) is 0 Å². The Hall–Kier alpha value is -3.29. The monoisotopic (exact) mass is 338 g/mol. The van der Waals surface area contributed by atoms with E-state index in [9.17, 15) is 4.39 Å². The number of fused-ring (bicyclic) bond motifs is 1. The summed E-state index contributed by atoms with van der Waals surface area (Å²) in [4.78, 5) is 8.35. The molecule has 2 N–H and O–H groups in total. The minimum absolute atomic E-state index is 0.0917. The lowest BCUT2D eigenvalue weighted by Gasteiger charge is -2.05. The summed E-state index contributed by atoms with van der Waals surface area (Å²) in [5.41, 5.74) is 8.47. The Bertz CT molecular complexity index is 1050. The molecule has 0 amide bonds. The van der Waals surface area contributed by atoms with Gasteiger partial charge in [-0.05, 0) is 38.1 Å². The van der Waals surface area contributed by atoms with E-state index < -0.39 is 0 Å². The molecule has 0 fully saturated rings. The van der Waals surface area contributed by atoms with Gasteiger partial charge >= 0.3 is 0 Å². The van der Waals surface area contributed by atoms with Crippen molar-refractivity contribution >= 4 is 16.9 Å². The highest BCUT2D eigenvalue weighted by Gasteiger charge is 2.21. The van der Waals surface area contributed by atoms with Crippen molar-refractivity contribution in [2.24, 2.45) is 0 Å². The lowest BCUT2D eigenvalue weighted by Crippen LogP contribution is -2.04. The van der Waals surface area contributed by atoms with Crippen molar-refractivity contribution in [3.63, 3.8) is 0 Å². The van der Waals surface area contributed by atoms with Gasteiger partial charge in [-0.25, -0.2) is 19.0 Å². The summed E-state index contributed by atoms with van der Waals surface area (Å²) in [6.07, 6.45) is 1.41. The maximum absolute atomic E-state index is 13.1. The number of hydrogen-bond acceptors (Lipinski definition) is 6. The third-order valence-corrected chi connectivity index (χ3v) is 3.89. The Labute approximate surface area is 142 Å². The number of nitrogens with zero attached hydrogens (tertiary/aromatic N) is 5. The van der Waals surface area contributed by atoms with Crippen molar-refractivity contribution in [2.75, 3.05) is 5.73 Å². The number of benzene rings is 1. The molecule has 0 aliphatic heterocycles. The standard InChI is InChI=1S/C17H15FN6O/c1-9(2)24-17-14(16(19)20-8-21-17)15(22-24)12-7-13(25-23-12)10-3-5-11(18)6-4-10/h3-9H,1-2H3,(H2,19,20,21). The topological polar surface area (TPSA) is 95.7 Å². The highest BCUT2D eigenvalue weighted by atomic mass is 19.1. The average molecular weight is 338 g/mol. The van der Waals surface area contributed by atoms with E-state index in [0.717, 1.165) is 5.56 Å². The van der Waals surface area contributed by atoms with Crippen LogP contribution in [0.5, 0.6) is 0 Å². The zero-order valence-electron chi connectivity index (χ0n) is 13.6. The zero-order valence-corrected chi connectivity index (χ0v) is 13.6. The van der Waals surface area contributed by atoms with Crippen LogP contribution in [0.1, 0.15) is 19.9 Å². The normalized spacial score (nSPS) is 11.5. The summed E-state index contributed by atoms with van der Waals surface area (Å²) >= 11 is 0. The fourth-order valence-corrected chi connectivity index (χ4v) is 2.67. The molecule has 8 heteroatoms. The number of nitrogens with two attached hydrogens (primary N) is 1. The molecule has 4 rings (SSSR count). The lowest BCUT2D eigenvalue weighted by atomic mass is 10.1. The highest BCUT2D eigenvalue weighted by molar-refractivity contribution is 5.97. The van der Waals surface area contributed by atoms with E-state index in [1.165, 1.54) is 18.5 Å². The summed E-state index contributed by atoms with van der Waals surface area (Å²) < 4.78 is 20.3. The first-order chi connectivity index (χ1) is 12.0. The molecule has 0 spiro atoms. The second-order valence-corrected chi connectivity index (χ2v) is 5.93. The van der Waals surface area contributed by atoms with Crippen LogP contribution in [-0.2, 0) is 0 Å². The van der Waals surface area contributed by atoms with Crippen molar-refractivity contribution in [2.45, 2.75) is 19.9 Å². The van der Waals surface area contributed by atoms with Crippen LogP contribution in [-0.4, -0.2) is 24.9 Å². The number of anilines is 1. The minimum Gasteiger partial charge on any atom is -0.383 e. The van der Waals surface area contributed by atoms with Crippen LogP contribution in [0.25, 0.3) is 33.7 Å². The SMILES string of the molecule is CC(C)n1nc(-c2cc(-c3ccc(F)cc3)on2)c2c(N)ncnc21. The maximum atomic E-state index is 13.1. The fraction of sp³-hybridized carbons (Fsp3) is 0.176. The highest BCUT2D eigenvalue weighted by Crippen LogP contribution is 2.33. The molecule has 0 aliphatic carbocycles. The van der Waals surface area contributed by atoms with Crippen LogP contribution >= 0.6 is 0 Å². The third-order valence-electron chi connectivity index (χ3n) is 3.89. The molecule has 3 heterocycles. The van der Waals surface area contributed by atoms with Gasteiger partial charge in [-0.1, -0.05) is 5.16 Å². The Morgan fingerprint density at radius 3 is 2.64 bits per heavy atom. The van der Waals surface area contributed by atoms with E-state index in [2.05, 4.69) is 20.2 Å². The fourth-order valence-electron chi connectivity index (χ4n) is 2.67. The molecule has 7 nitrogen and oxygen atoms in total. The predicted molar refractivity (Wildman–Crippen MR) is 91.0 cm³/mol. The van der Waals surface area contributed by atoms with E-state index in [4.69, 9.17) is 10.3 Å². The van der Waals surface area contributed by atoms with Crippen LogP contribution in [0.2, 0.25) is 0 Å². The largest absolute Gasteiger partial charge is 0.383 e. The van der Waals surface area contributed by atoms with Gasteiger partial charge in [-0.2, -0.15) is 5.10 Å². The number of nitrogen functional groups attached to an aromatic ring is 1. The van der Waals surface area contributed by atoms with Crippen LogP contribution in [0.3, 0.4) is 0 Å². The van der Waals surface area contributed by atoms with E-state index in [1.807, 2.05) is 13.8 Å². The van der Waals surface area contributed by atoms with Gasteiger partial charge in [0.25, 0.3) is 0 Å². The molecule has 25 heavy (non-hydrogen) atoms. The van der Waals surface area contributed by atoms with Gasteiger partial charge in [0.15, 0.2) is 11.4 Å². The molecule has 0 bridgehead atoms. The minimum atomic E-state index is -0.310. The summed E-state index contributed by atoms with van der Waals surface area (Å²) in [5.74, 6) is 0.533. The number of halogens is 1. The molecule has 126 valence electrons. The summed E-state index contributed by atoms with van der Waals surface area (Å²) in [6, 6.07) is 7.82. The lowest BCUT2D eigenvalue weighted by molar-refractivity contribution is 0.434. The Morgan fingerprint density at radius 1 is 1.16 bits per heavy atom. The molecular formula is C17H15FN6O. The molecule has 0 saturated heterocycles. The van der Waals surface area contributed by atoms with E-state index in [1.54, 1.807) is 22.9 Å². The summed E-state index contributed by atoms with van der Waals surface area (Å²) in [7, 11) is 0. The molecular weight excluding hydrogens is 323 g/mol. The van der Waals surface area contributed by atoms with Crippen LogP contribution < -0.4 is 5.73 Å². The Balaban J connectivity index is 1.87. The van der Waals surface area contributed by atoms with Gasteiger partial charge in [0.1, 0.15) is 29.4 Å². The van der Waals surface area contributed by atoms with Crippen LogP contribution in [0.4, 0.5) is 10.2 Å². The van der Waals surface area contributed by atoms with Crippen LogP contribution in [0, 0.1) is 5.82 Å². The first-order valence-corrected chi connectivity index (χ1v) is 7.76. The second kappa shape index (κ2) is 5.66. The first kappa shape index (κ1) is 15.3. The van der Waals surface area contributed by atoms with E-state index in [-0.39, 0.29) is 11.9 Å². The Kier molecular flexibility index (Phi) is 3.45. The van der Waals surface area contributed by atoms with Gasteiger partial charge in [-0.15, -0.1) is 0 Å². The van der Waals surface area contributed by atoms with Crippen molar-refractivity contribution in [1.29, 1.82) is 0 Å². The Morgan fingerprint density at radius 2 is 1.92 bits per heavy atom. The second-order valence-electron chi connectivity index (χ2n) is 5.93. The molecule has 4 aromatic rings. The van der Waals surface area contributed by atoms with Gasteiger partial charge < -0.3 is 10.3 Å². The molecule has 0 saturated carbocycles. The number of hydrogen-bond donors (Lipinski definition) is 1. The zero-order chi connectivity index (χ0) is 17.6. The average Bonchev–Trinajstić information content (AvgIpc) is 3.20. The summed E-state index contributed by atoms with van der Waals surface area (Å²) in [5, 5.41) is 9.32. The smallest absolute Gasteiger partial charge is 0.167 e. The van der Waals surface area contributed by atoms with Crippen molar-refractivity contribution in [1.82, 2.24) is 24.9 Å². The molecule has 0 radical (unpaired) electrons. The molecule has 3 aromatic heterocycles. The number of aromatic nitrogens is 5. The van der Waals surface area contributed by atoms with Gasteiger partial charge in [0.05, 0.1) is 5.39 Å². The maximum Gasteiger partial charge on any atom is 0.167 e. The van der Waals surface area contributed by atoms with Crippen LogP contribution in [0.15, 0.2) is 41.2 Å². The molecule has 1 aromatic carbocycles. The van der Waals surface area contributed by atoms with E-state index in [0.29, 0.717) is 34.0 Å². The molecule has 0 aliphatic rings. The molecule has 0 atom stereocenters. The third kappa shape index (κ3) is 2.51. The summed E-state index contributed by atoms with van der Waals surface area (Å²) in [6.45, 7) is 4.00. The number of rotatable bonds is 3. The van der Waals surface area contributed by atoms with E-state index >= 15 is 0 Å². The van der Waals surface area contributed by atoms with Crippen molar-refractivity contribution in [3.05, 3.63) is 42.5 Å². The first-order valence-electron chi connectivity index (χ1n) is 7.76. The predicted octanol–water partition coefficient (Wildman–Crippen LogP) is 3.45. The quantitative estimate of drug-likeness (QED) is 0.614.